The highest BCUT2D eigenvalue weighted by Gasteiger charge is 2.21. The van der Waals surface area contributed by atoms with Crippen LogP contribution in [-0.2, 0) is 11.2 Å². The summed E-state index contributed by atoms with van der Waals surface area (Å²) in [6.07, 6.45) is 1.58. The van der Waals surface area contributed by atoms with Gasteiger partial charge in [0.2, 0.25) is 5.91 Å². The molecule has 1 aromatic rings. The first-order valence-corrected chi connectivity index (χ1v) is 6.56. The highest BCUT2D eigenvalue weighted by molar-refractivity contribution is 5.81. The second kappa shape index (κ2) is 6.52. The molecule has 1 saturated heterocycles. The molecule has 1 aromatic carbocycles. The third kappa shape index (κ3) is 3.55. The van der Waals surface area contributed by atoms with E-state index >= 15 is 0 Å². The topological polar surface area (TPSA) is 58.4 Å². The molecule has 0 saturated carbocycles. The van der Waals surface area contributed by atoms with Crippen LogP contribution in [0.25, 0.3) is 0 Å². The second-order valence-electron chi connectivity index (χ2n) is 4.71. The minimum Gasteiger partial charge on any atom is -0.339 e. The molecular formula is C14H21N3O. The number of carbonyl (C=O) groups is 1. The van der Waals surface area contributed by atoms with E-state index in [9.17, 15) is 4.79 Å². The Labute approximate surface area is 108 Å². The average molecular weight is 247 g/mol. The minimum atomic E-state index is -0.372. The van der Waals surface area contributed by atoms with Crippen molar-refractivity contribution in [2.45, 2.75) is 18.9 Å². The lowest BCUT2D eigenvalue weighted by Crippen LogP contribution is -2.51. The van der Waals surface area contributed by atoms with Crippen LogP contribution in [0.3, 0.4) is 0 Å². The van der Waals surface area contributed by atoms with Gasteiger partial charge in [0.15, 0.2) is 0 Å². The number of carbonyl (C=O) groups excluding carboxylic acids is 1. The second-order valence-corrected chi connectivity index (χ2v) is 4.71. The summed E-state index contributed by atoms with van der Waals surface area (Å²) in [6.45, 7) is 3.30. The predicted molar refractivity (Wildman–Crippen MR) is 72.2 cm³/mol. The molecule has 0 aromatic heterocycles. The van der Waals surface area contributed by atoms with Crippen molar-refractivity contribution in [2.75, 3.05) is 26.2 Å². The molecule has 1 heterocycles. The number of nitrogens with zero attached hydrogens (tertiary/aromatic N) is 1. The van der Waals surface area contributed by atoms with E-state index < -0.39 is 0 Å². The third-order valence-corrected chi connectivity index (χ3v) is 3.33. The maximum absolute atomic E-state index is 12.1. The lowest BCUT2D eigenvalue weighted by molar-refractivity contribution is -0.133. The molecule has 0 radical (unpaired) electrons. The van der Waals surface area contributed by atoms with Crippen molar-refractivity contribution in [1.29, 1.82) is 0 Å². The Hall–Kier alpha value is -1.39. The molecule has 2 rings (SSSR count). The summed E-state index contributed by atoms with van der Waals surface area (Å²) >= 11 is 0. The molecule has 1 atom stereocenters. The molecule has 1 unspecified atom stereocenters. The van der Waals surface area contributed by atoms with Crippen LogP contribution in [0.4, 0.5) is 0 Å². The number of aryl methyl sites for hydroxylation is 1. The Kier molecular flexibility index (Phi) is 4.73. The largest absolute Gasteiger partial charge is 0.339 e. The zero-order valence-electron chi connectivity index (χ0n) is 10.6. The van der Waals surface area contributed by atoms with Gasteiger partial charge in [0.05, 0.1) is 6.04 Å². The Bertz CT molecular complexity index is 374. The van der Waals surface area contributed by atoms with Crippen LogP contribution in [0.2, 0.25) is 0 Å². The minimum absolute atomic E-state index is 0.0902. The van der Waals surface area contributed by atoms with Gasteiger partial charge in [-0.1, -0.05) is 30.3 Å². The number of benzene rings is 1. The van der Waals surface area contributed by atoms with Crippen molar-refractivity contribution in [3.8, 4) is 0 Å². The third-order valence-electron chi connectivity index (χ3n) is 3.33. The molecular weight excluding hydrogens is 226 g/mol. The summed E-state index contributed by atoms with van der Waals surface area (Å²) in [6, 6.07) is 9.79. The first-order valence-electron chi connectivity index (χ1n) is 6.56. The lowest BCUT2D eigenvalue weighted by Gasteiger charge is -2.29. The van der Waals surface area contributed by atoms with Gasteiger partial charge in [-0.05, 0) is 18.4 Å². The summed E-state index contributed by atoms with van der Waals surface area (Å²) in [4.78, 5) is 14.0. The van der Waals surface area contributed by atoms with E-state index in [0.29, 0.717) is 6.42 Å². The van der Waals surface area contributed by atoms with Crippen molar-refractivity contribution in [3.63, 3.8) is 0 Å². The number of nitrogens with two attached hydrogens (primary N) is 1. The highest BCUT2D eigenvalue weighted by Crippen LogP contribution is 2.06. The Morgan fingerprint density at radius 3 is 2.61 bits per heavy atom. The van der Waals surface area contributed by atoms with E-state index in [0.717, 1.165) is 32.6 Å². The molecule has 1 fully saturated rings. The molecule has 4 heteroatoms. The maximum Gasteiger partial charge on any atom is 0.239 e. The van der Waals surface area contributed by atoms with E-state index in [4.69, 9.17) is 5.73 Å². The van der Waals surface area contributed by atoms with Gasteiger partial charge in [-0.3, -0.25) is 4.79 Å². The van der Waals surface area contributed by atoms with Crippen molar-refractivity contribution >= 4 is 5.91 Å². The van der Waals surface area contributed by atoms with Gasteiger partial charge in [-0.25, -0.2) is 0 Å². The summed E-state index contributed by atoms with van der Waals surface area (Å²) in [5.74, 6) is 0.0902. The Balaban J connectivity index is 1.80. The predicted octanol–water partition coefficient (Wildman–Crippen LogP) is 0.378. The van der Waals surface area contributed by atoms with E-state index in [1.807, 2.05) is 23.1 Å². The summed E-state index contributed by atoms with van der Waals surface area (Å²) in [7, 11) is 0. The smallest absolute Gasteiger partial charge is 0.239 e. The lowest BCUT2D eigenvalue weighted by atomic mass is 10.0. The summed E-state index contributed by atoms with van der Waals surface area (Å²) in [5, 5.41) is 3.23. The van der Waals surface area contributed by atoms with E-state index in [2.05, 4.69) is 17.4 Å². The van der Waals surface area contributed by atoms with Crippen LogP contribution >= 0.6 is 0 Å². The van der Waals surface area contributed by atoms with Crippen LogP contribution < -0.4 is 11.1 Å². The molecule has 4 nitrogen and oxygen atoms in total. The van der Waals surface area contributed by atoms with Crippen LogP contribution in [0.15, 0.2) is 30.3 Å². The Morgan fingerprint density at radius 2 is 1.94 bits per heavy atom. The molecule has 0 spiro atoms. The average Bonchev–Trinajstić information content (AvgIpc) is 2.46. The van der Waals surface area contributed by atoms with E-state index in [-0.39, 0.29) is 11.9 Å². The van der Waals surface area contributed by atoms with Gasteiger partial charge in [0, 0.05) is 26.2 Å². The molecule has 1 amide bonds. The van der Waals surface area contributed by atoms with Gasteiger partial charge >= 0.3 is 0 Å². The molecule has 1 aliphatic rings. The van der Waals surface area contributed by atoms with Crippen LogP contribution in [0, 0.1) is 0 Å². The number of amides is 1. The van der Waals surface area contributed by atoms with Gasteiger partial charge in [0.25, 0.3) is 0 Å². The fourth-order valence-corrected chi connectivity index (χ4v) is 2.21. The van der Waals surface area contributed by atoms with Crippen LogP contribution in [0.1, 0.15) is 12.0 Å². The van der Waals surface area contributed by atoms with Crippen molar-refractivity contribution in [2.24, 2.45) is 5.73 Å². The van der Waals surface area contributed by atoms with Crippen LogP contribution in [0.5, 0.6) is 0 Å². The van der Waals surface area contributed by atoms with Crippen molar-refractivity contribution in [1.82, 2.24) is 10.2 Å². The molecule has 18 heavy (non-hydrogen) atoms. The Morgan fingerprint density at radius 1 is 1.28 bits per heavy atom. The first kappa shape index (κ1) is 13.1. The normalized spacial score (nSPS) is 17.5. The monoisotopic (exact) mass is 247 g/mol. The van der Waals surface area contributed by atoms with Gasteiger partial charge in [0.1, 0.15) is 0 Å². The quantitative estimate of drug-likeness (QED) is 0.808. The van der Waals surface area contributed by atoms with Gasteiger partial charge in [-0.2, -0.15) is 0 Å². The summed E-state index contributed by atoms with van der Waals surface area (Å²) < 4.78 is 0. The first-order chi connectivity index (χ1) is 8.77. The van der Waals surface area contributed by atoms with Crippen LogP contribution in [-0.4, -0.2) is 43.0 Å². The number of hydrogen-bond donors (Lipinski definition) is 2. The van der Waals surface area contributed by atoms with Crippen molar-refractivity contribution in [3.05, 3.63) is 35.9 Å². The number of rotatable bonds is 4. The molecule has 0 bridgehead atoms. The molecule has 1 aliphatic heterocycles. The summed E-state index contributed by atoms with van der Waals surface area (Å²) in [5.41, 5.74) is 7.22. The number of hydrogen-bond acceptors (Lipinski definition) is 3. The molecule has 3 N–H and O–H groups in total. The van der Waals surface area contributed by atoms with Crippen molar-refractivity contribution < 1.29 is 4.79 Å². The number of piperazine rings is 1. The molecule has 98 valence electrons. The maximum atomic E-state index is 12.1. The standard InChI is InChI=1S/C14H21N3O/c15-13(7-6-12-4-2-1-3-5-12)14(18)17-10-8-16-9-11-17/h1-5,13,16H,6-11,15H2. The van der Waals surface area contributed by atoms with Gasteiger partial charge in [-0.15, -0.1) is 0 Å². The van der Waals surface area contributed by atoms with Gasteiger partial charge < -0.3 is 16.0 Å². The fraction of sp³-hybridized carbons (Fsp3) is 0.500. The number of nitrogens with one attached hydrogen (secondary N) is 1. The van der Waals surface area contributed by atoms with E-state index in [1.54, 1.807) is 0 Å². The highest BCUT2D eigenvalue weighted by atomic mass is 16.2. The SMILES string of the molecule is NC(CCc1ccccc1)C(=O)N1CCNCC1. The zero-order chi connectivity index (χ0) is 12.8. The fourth-order valence-electron chi connectivity index (χ4n) is 2.21. The zero-order valence-corrected chi connectivity index (χ0v) is 10.6. The molecule has 0 aliphatic carbocycles. The van der Waals surface area contributed by atoms with E-state index in [1.165, 1.54) is 5.56 Å².